The molecular weight excluding hydrogens is 540 g/mol. The molecule has 1 aliphatic carbocycles. The zero-order valence-corrected chi connectivity index (χ0v) is 22.9. The van der Waals surface area contributed by atoms with Gasteiger partial charge in [0, 0.05) is 4.47 Å². The first-order chi connectivity index (χ1) is 19.2. The van der Waals surface area contributed by atoms with E-state index in [1.54, 1.807) is 0 Å². The minimum Gasteiger partial charge on any atom is -0.457 e. The first kappa shape index (κ1) is 23.7. The molecule has 1 unspecified atom stereocenters. The third-order valence-electron chi connectivity index (χ3n) is 7.83. The fraction of sp³-hybridized carbons (Fsp3) is 0.0270. The molecule has 0 aromatic heterocycles. The number of rotatable bonds is 5. The van der Waals surface area contributed by atoms with Crippen molar-refractivity contribution in [3.63, 3.8) is 0 Å². The van der Waals surface area contributed by atoms with Gasteiger partial charge in [-0.1, -0.05) is 120 Å². The van der Waals surface area contributed by atoms with Crippen LogP contribution in [0.25, 0.3) is 28.0 Å². The molecule has 6 aromatic carbocycles. The summed E-state index contributed by atoms with van der Waals surface area (Å²) in [5.74, 6) is 1.61. The number of benzene rings is 6. The highest BCUT2D eigenvalue weighted by Gasteiger charge is 2.46. The normalized spacial score (nSPS) is 15.5. The van der Waals surface area contributed by atoms with Gasteiger partial charge in [0.15, 0.2) is 0 Å². The Morgan fingerprint density at radius 3 is 1.97 bits per heavy atom. The van der Waals surface area contributed by atoms with Gasteiger partial charge in [-0.15, -0.1) is 0 Å². The summed E-state index contributed by atoms with van der Waals surface area (Å²) in [4.78, 5) is 0. The first-order valence-electron chi connectivity index (χ1n) is 13.1. The van der Waals surface area contributed by atoms with Crippen molar-refractivity contribution in [2.24, 2.45) is 0 Å². The lowest BCUT2D eigenvalue weighted by atomic mass is 9.67. The van der Waals surface area contributed by atoms with Crippen LogP contribution in [0.5, 0.6) is 11.5 Å². The van der Waals surface area contributed by atoms with Crippen LogP contribution in [0.3, 0.4) is 0 Å². The third-order valence-corrected chi connectivity index (χ3v) is 8.32. The Hall–Kier alpha value is -4.40. The van der Waals surface area contributed by atoms with Crippen molar-refractivity contribution in [3.8, 4) is 22.6 Å². The average molecular weight is 566 g/mol. The molecule has 0 N–H and O–H groups in total. The SMILES string of the molecule is C=Cc1ccc(Oc2ccc(C3(c4ccc5ccccc5c4)c4ccccc4-c4ccc(Br)cc43)cc2)cc1. The van der Waals surface area contributed by atoms with Crippen LogP contribution in [-0.4, -0.2) is 0 Å². The number of fused-ring (bicyclic) bond motifs is 4. The van der Waals surface area contributed by atoms with E-state index in [9.17, 15) is 0 Å². The van der Waals surface area contributed by atoms with Crippen LogP contribution in [0.2, 0.25) is 0 Å². The molecule has 0 aliphatic heterocycles. The van der Waals surface area contributed by atoms with Crippen molar-refractivity contribution < 1.29 is 4.74 Å². The van der Waals surface area contributed by atoms with Crippen LogP contribution < -0.4 is 4.74 Å². The summed E-state index contributed by atoms with van der Waals surface area (Å²) in [7, 11) is 0. The van der Waals surface area contributed by atoms with E-state index < -0.39 is 5.41 Å². The summed E-state index contributed by atoms with van der Waals surface area (Å²) in [6.45, 7) is 3.83. The fourth-order valence-corrected chi connectivity index (χ4v) is 6.41. The van der Waals surface area contributed by atoms with Gasteiger partial charge in [0.05, 0.1) is 5.41 Å². The second-order valence-electron chi connectivity index (χ2n) is 9.95. The van der Waals surface area contributed by atoms with Gasteiger partial charge in [0.1, 0.15) is 11.5 Å². The Morgan fingerprint density at radius 2 is 1.21 bits per heavy atom. The Morgan fingerprint density at radius 1 is 0.564 bits per heavy atom. The largest absolute Gasteiger partial charge is 0.457 e. The number of hydrogen-bond acceptors (Lipinski definition) is 1. The van der Waals surface area contributed by atoms with Gasteiger partial charge in [-0.3, -0.25) is 0 Å². The Balaban J connectivity index is 1.44. The molecule has 1 nitrogen and oxygen atoms in total. The summed E-state index contributed by atoms with van der Waals surface area (Å²) in [5, 5.41) is 2.47. The van der Waals surface area contributed by atoms with Gasteiger partial charge in [-0.25, -0.2) is 0 Å². The van der Waals surface area contributed by atoms with Crippen molar-refractivity contribution >= 4 is 32.8 Å². The Kier molecular flexibility index (Phi) is 5.72. The smallest absolute Gasteiger partial charge is 0.127 e. The van der Waals surface area contributed by atoms with Crippen molar-refractivity contribution in [1.29, 1.82) is 0 Å². The van der Waals surface area contributed by atoms with E-state index in [0.29, 0.717) is 0 Å². The molecule has 0 saturated heterocycles. The molecule has 0 amide bonds. The van der Waals surface area contributed by atoms with E-state index in [1.165, 1.54) is 44.2 Å². The van der Waals surface area contributed by atoms with Gasteiger partial charge in [-0.2, -0.15) is 0 Å². The molecule has 1 aliphatic rings. The molecule has 0 radical (unpaired) electrons. The van der Waals surface area contributed by atoms with Gasteiger partial charge in [-0.05, 0) is 92.2 Å². The molecule has 0 heterocycles. The van der Waals surface area contributed by atoms with Crippen LogP contribution >= 0.6 is 15.9 Å². The standard InChI is InChI=1S/C37H25BrO/c1-2-25-11-18-31(19-12-25)39-32-20-15-28(16-21-32)37(29-14-13-26-7-3-4-8-27(26)23-29)35-10-6-5-9-33(35)34-22-17-30(38)24-36(34)37/h2-24H,1H2. The van der Waals surface area contributed by atoms with Crippen LogP contribution in [0.1, 0.15) is 27.8 Å². The maximum atomic E-state index is 6.21. The Bertz CT molecular complexity index is 1850. The summed E-state index contributed by atoms with van der Waals surface area (Å²) >= 11 is 3.78. The minimum absolute atomic E-state index is 0.468. The molecule has 0 spiro atoms. The highest BCUT2D eigenvalue weighted by Crippen LogP contribution is 2.56. The van der Waals surface area contributed by atoms with E-state index in [2.05, 4.69) is 132 Å². The van der Waals surface area contributed by atoms with Crippen molar-refractivity contribution in [2.75, 3.05) is 0 Å². The van der Waals surface area contributed by atoms with Crippen molar-refractivity contribution in [3.05, 3.63) is 172 Å². The van der Waals surface area contributed by atoms with Gasteiger partial charge < -0.3 is 4.74 Å². The molecular formula is C37H25BrO. The molecule has 0 bridgehead atoms. The predicted octanol–water partition coefficient (Wildman–Crippen LogP) is 10.4. The van der Waals surface area contributed by atoms with Crippen LogP contribution in [0.4, 0.5) is 0 Å². The predicted molar refractivity (Wildman–Crippen MR) is 166 cm³/mol. The van der Waals surface area contributed by atoms with Crippen molar-refractivity contribution in [1.82, 2.24) is 0 Å². The fourth-order valence-electron chi connectivity index (χ4n) is 6.04. The van der Waals surface area contributed by atoms with Gasteiger partial charge in [0.25, 0.3) is 0 Å². The zero-order valence-electron chi connectivity index (χ0n) is 21.3. The monoisotopic (exact) mass is 564 g/mol. The van der Waals surface area contributed by atoms with Crippen LogP contribution in [0.15, 0.2) is 145 Å². The summed E-state index contributed by atoms with van der Waals surface area (Å²) in [6.07, 6.45) is 1.83. The van der Waals surface area contributed by atoms with Gasteiger partial charge >= 0.3 is 0 Å². The third kappa shape index (κ3) is 3.83. The second-order valence-corrected chi connectivity index (χ2v) is 10.9. The summed E-state index contributed by atoms with van der Waals surface area (Å²) in [5.41, 5.74) is 8.17. The summed E-state index contributed by atoms with van der Waals surface area (Å²) in [6, 6.07) is 47.5. The lowest BCUT2D eigenvalue weighted by molar-refractivity contribution is 0.482. The highest BCUT2D eigenvalue weighted by atomic mass is 79.9. The van der Waals surface area contributed by atoms with Crippen LogP contribution in [-0.2, 0) is 5.41 Å². The summed E-state index contributed by atoms with van der Waals surface area (Å²) < 4.78 is 7.28. The number of hydrogen-bond donors (Lipinski definition) is 0. The topological polar surface area (TPSA) is 9.23 Å². The average Bonchev–Trinajstić information content (AvgIpc) is 3.28. The van der Waals surface area contributed by atoms with E-state index in [-0.39, 0.29) is 0 Å². The van der Waals surface area contributed by atoms with E-state index >= 15 is 0 Å². The Labute approximate surface area is 237 Å². The van der Waals surface area contributed by atoms with E-state index in [0.717, 1.165) is 21.5 Å². The van der Waals surface area contributed by atoms with Crippen LogP contribution in [0, 0.1) is 0 Å². The first-order valence-corrected chi connectivity index (χ1v) is 13.9. The molecule has 6 aromatic rings. The number of halogens is 1. The molecule has 1 atom stereocenters. The quantitative estimate of drug-likeness (QED) is 0.202. The lowest BCUT2D eigenvalue weighted by Crippen LogP contribution is -2.28. The maximum Gasteiger partial charge on any atom is 0.127 e. The molecule has 0 saturated carbocycles. The molecule has 0 fully saturated rings. The zero-order chi connectivity index (χ0) is 26.4. The van der Waals surface area contributed by atoms with E-state index in [1.807, 2.05) is 30.3 Å². The molecule has 39 heavy (non-hydrogen) atoms. The lowest BCUT2D eigenvalue weighted by Gasteiger charge is -2.34. The minimum atomic E-state index is -0.468. The number of ether oxygens (including phenoxy) is 1. The molecule has 2 heteroatoms. The molecule has 186 valence electrons. The van der Waals surface area contributed by atoms with E-state index in [4.69, 9.17) is 4.74 Å². The molecule has 7 rings (SSSR count). The van der Waals surface area contributed by atoms with Gasteiger partial charge in [0.2, 0.25) is 0 Å². The second kappa shape index (κ2) is 9.41. The highest BCUT2D eigenvalue weighted by molar-refractivity contribution is 9.10. The maximum absolute atomic E-state index is 6.21. The van der Waals surface area contributed by atoms with Crippen molar-refractivity contribution in [2.45, 2.75) is 5.41 Å².